The van der Waals surface area contributed by atoms with Gasteiger partial charge in [0.25, 0.3) is 11.8 Å². The van der Waals surface area contributed by atoms with Crippen molar-refractivity contribution in [2.24, 2.45) is 0 Å². The molecule has 4 heterocycles. The van der Waals surface area contributed by atoms with E-state index in [2.05, 4.69) is 36.4 Å². The van der Waals surface area contributed by atoms with Crippen molar-refractivity contribution in [2.45, 2.75) is 84.7 Å². The molecule has 5 rings (SSSR count). The molecule has 0 unspecified atom stereocenters. The molecular formula is C45H64FN9O9. The molecule has 350 valence electrons. The van der Waals surface area contributed by atoms with Gasteiger partial charge in [0.05, 0.1) is 83.1 Å². The second-order valence-corrected chi connectivity index (χ2v) is 17.1. The minimum Gasteiger partial charge on any atom is -0.379 e. The fourth-order valence-corrected chi connectivity index (χ4v) is 7.11. The number of ketones is 1. The highest BCUT2D eigenvalue weighted by Gasteiger charge is 2.40. The van der Waals surface area contributed by atoms with Gasteiger partial charge in [0.2, 0.25) is 5.91 Å². The van der Waals surface area contributed by atoms with Gasteiger partial charge in [0.15, 0.2) is 17.1 Å². The Morgan fingerprint density at radius 1 is 0.797 bits per heavy atom. The number of hydrogen-bond donors (Lipinski definition) is 1. The van der Waals surface area contributed by atoms with E-state index in [4.69, 9.17) is 33.8 Å². The number of amides is 3. The Hall–Kier alpha value is -5.21. The maximum absolute atomic E-state index is 14.0. The van der Waals surface area contributed by atoms with Crippen LogP contribution >= 0.6 is 0 Å². The molecule has 1 N–H and O–H groups in total. The van der Waals surface area contributed by atoms with E-state index in [0.717, 1.165) is 11.1 Å². The first-order valence-electron chi connectivity index (χ1n) is 22.0. The minimum absolute atomic E-state index is 0.0468. The summed E-state index contributed by atoms with van der Waals surface area (Å²) in [6.45, 7) is 17.9. The van der Waals surface area contributed by atoms with Gasteiger partial charge in [-0.1, -0.05) is 26.0 Å². The number of rotatable bonds is 26. The van der Waals surface area contributed by atoms with Crippen molar-refractivity contribution in [2.75, 3.05) is 92.2 Å². The number of piperazine rings is 1. The van der Waals surface area contributed by atoms with E-state index in [1.54, 1.807) is 32.6 Å². The first-order chi connectivity index (χ1) is 30.7. The molecular weight excluding hydrogens is 830 g/mol. The summed E-state index contributed by atoms with van der Waals surface area (Å²) in [5.41, 5.74) is 2.03. The van der Waals surface area contributed by atoms with E-state index in [0.29, 0.717) is 103 Å². The molecule has 3 aromatic heterocycles. The Kier molecular flexibility index (Phi) is 18.8. The third-order valence-corrected chi connectivity index (χ3v) is 10.5. The average Bonchev–Trinajstić information content (AvgIpc) is 3.91. The molecule has 1 aromatic carbocycles. The first kappa shape index (κ1) is 49.8. The molecule has 19 heteroatoms. The summed E-state index contributed by atoms with van der Waals surface area (Å²) in [5.74, 6) is -1.18. The Morgan fingerprint density at radius 3 is 2.05 bits per heavy atom. The van der Waals surface area contributed by atoms with Gasteiger partial charge in [-0.15, -0.1) is 5.10 Å². The normalized spacial score (nSPS) is 14.0. The lowest BCUT2D eigenvalue weighted by atomic mass is 9.87. The molecule has 0 spiro atoms. The fraction of sp³-hybridized carbons (Fsp3) is 0.600. The van der Waals surface area contributed by atoms with Crippen LogP contribution in [0.5, 0.6) is 0 Å². The van der Waals surface area contributed by atoms with Crippen molar-refractivity contribution in [3.8, 4) is 11.3 Å². The number of aromatic nitrogens is 6. The molecule has 18 nitrogen and oxygen atoms in total. The van der Waals surface area contributed by atoms with Crippen LogP contribution in [0.25, 0.3) is 16.9 Å². The Morgan fingerprint density at radius 2 is 1.42 bits per heavy atom. The van der Waals surface area contributed by atoms with E-state index >= 15 is 0 Å². The van der Waals surface area contributed by atoms with Crippen LogP contribution in [-0.4, -0.2) is 161 Å². The number of ether oxygens (including phenoxy) is 5. The van der Waals surface area contributed by atoms with Crippen LogP contribution in [-0.2, 0) is 45.2 Å². The zero-order valence-electron chi connectivity index (χ0n) is 38.1. The zero-order valence-corrected chi connectivity index (χ0v) is 38.1. The second-order valence-electron chi connectivity index (χ2n) is 17.1. The number of unbranched alkanes of at least 4 members (excludes halogenated alkanes) is 1. The van der Waals surface area contributed by atoms with Crippen molar-refractivity contribution >= 4 is 29.2 Å². The van der Waals surface area contributed by atoms with E-state index in [1.165, 1.54) is 23.0 Å². The van der Waals surface area contributed by atoms with Crippen molar-refractivity contribution < 1.29 is 47.3 Å². The summed E-state index contributed by atoms with van der Waals surface area (Å²) in [5, 5.41) is 15.6. The minimum atomic E-state index is -0.760. The van der Waals surface area contributed by atoms with Crippen LogP contribution in [0.4, 0.5) is 4.39 Å². The largest absolute Gasteiger partial charge is 0.379 e. The summed E-state index contributed by atoms with van der Waals surface area (Å²) in [6.07, 6.45) is 4.70. The van der Waals surface area contributed by atoms with Crippen molar-refractivity contribution in [1.82, 2.24) is 44.7 Å². The number of carbonyl (C=O) groups excluding carboxylic acids is 4. The second kappa shape index (κ2) is 24.2. The summed E-state index contributed by atoms with van der Waals surface area (Å²) in [6, 6.07) is 8.03. The van der Waals surface area contributed by atoms with Crippen molar-refractivity contribution in [3.05, 3.63) is 65.5 Å². The molecule has 0 saturated carbocycles. The summed E-state index contributed by atoms with van der Waals surface area (Å²) in [4.78, 5) is 60.6. The number of nitrogens with zero attached hydrogens (tertiary/aromatic N) is 8. The van der Waals surface area contributed by atoms with Crippen molar-refractivity contribution in [3.63, 3.8) is 0 Å². The maximum atomic E-state index is 14.0. The highest BCUT2D eigenvalue weighted by Crippen LogP contribution is 2.31. The van der Waals surface area contributed by atoms with Crippen molar-refractivity contribution in [1.29, 1.82) is 0 Å². The standard InChI is InChI=1S/C45H64FN9O9/c1-7-60-20-21-62-24-25-64-27-26-63-23-22-61-19-16-47-40(57)11-9-8-10-35(56)29-53-30-39(49-51-53)42(58)52-17-18-54(45(5,6)32-52)43(59)38-31-55-41(48-38)36(44(2,3)4)28-37(50-55)33-12-14-34(46)15-13-33/h12-15,28,30-31H,7-11,16-27,29,32H2,1-6H3,(H,47,57). The number of fused-ring (bicyclic) bond motifs is 1. The topological polar surface area (TPSA) is 194 Å². The highest BCUT2D eigenvalue weighted by atomic mass is 19.1. The third-order valence-electron chi connectivity index (χ3n) is 10.5. The van der Waals surface area contributed by atoms with Gasteiger partial charge in [0.1, 0.15) is 18.1 Å². The van der Waals surface area contributed by atoms with Gasteiger partial charge >= 0.3 is 0 Å². The Bertz CT molecular complexity index is 2140. The first-order valence-corrected chi connectivity index (χ1v) is 22.0. The molecule has 3 amide bonds. The third kappa shape index (κ3) is 14.9. The molecule has 1 saturated heterocycles. The molecule has 0 radical (unpaired) electrons. The average molecular weight is 894 g/mol. The number of hydrogen-bond acceptors (Lipinski definition) is 13. The summed E-state index contributed by atoms with van der Waals surface area (Å²) >= 11 is 0. The molecule has 4 aromatic rings. The SMILES string of the molecule is CCOCCOCCOCCOCCOCCNC(=O)CCCCC(=O)Cn1cc(C(=O)N2CCN(C(=O)c3cn4nc(-c5ccc(F)cc5)cc(C(C)(C)C)c4n3)C(C)(C)C2)nn1. The molecule has 0 bridgehead atoms. The molecule has 0 atom stereocenters. The number of Topliss-reactive ketones (excluding diaryl/α,β-unsaturated/α-hetero) is 1. The lowest BCUT2D eigenvalue weighted by molar-refractivity contribution is -0.122. The maximum Gasteiger partial charge on any atom is 0.276 e. The van der Waals surface area contributed by atoms with Gasteiger partial charge in [-0.2, -0.15) is 5.10 Å². The highest BCUT2D eigenvalue weighted by molar-refractivity contribution is 5.95. The smallest absolute Gasteiger partial charge is 0.276 e. The van der Waals surface area contributed by atoms with Gasteiger partial charge in [-0.3, -0.25) is 19.2 Å². The number of carbonyl (C=O) groups is 4. The molecule has 1 aliphatic heterocycles. The van der Waals surface area contributed by atoms with Crippen LogP contribution in [0.3, 0.4) is 0 Å². The van der Waals surface area contributed by atoms with Gasteiger partial charge < -0.3 is 38.8 Å². The van der Waals surface area contributed by atoms with E-state index in [1.807, 2.05) is 26.8 Å². The summed E-state index contributed by atoms with van der Waals surface area (Å²) in [7, 11) is 0. The Labute approximate surface area is 374 Å². The number of nitrogens with one attached hydrogen (secondary N) is 1. The number of imidazole rings is 1. The molecule has 64 heavy (non-hydrogen) atoms. The number of benzene rings is 1. The van der Waals surface area contributed by atoms with E-state index in [9.17, 15) is 23.6 Å². The quantitative estimate of drug-likeness (QED) is 0.0885. The Balaban J connectivity index is 0.977. The van der Waals surface area contributed by atoms with Gasteiger partial charge in [0, 0.05) is 56.8 Å². The molecule has 1 aliphatic rings. The number of halogens is 1. The predicted molar refractivity (Wildman–Crippen MR) is 234 cm³/mol. The molecule has 1 fully saturated rings. The lowest BCUT2D eigenvalue weighted by Gasteiger charge is -2.46. The van der Waals surface area contributed by atoms with Crippen LogP contribution in [0.15, 0.2) is 42.7 Å². The predicted octanol–water partition coefficient (Wildman–Crippen LogP) is 4.15. The van der Waals surface area contributed by atoms with Crippen LogP contribution in [0, 0.1) is 5.82 Å². The van der Waals surface area contributed by atoms with Gasteiger partial charge in [-0.05, 0) is 69.4 Å². The van der Waals surface area contributed by atoms with Crippen LogP contribution in [0.1, 0.15) is 93.8 Å². The van der Waals surface area contributed by atoms with E-state index < -0.39 is 5.54 Å². The van der Waals surface area contributed by atoms with Gasteiger partial charge in [-0.25, -0.2) is 18.6 Å². The molecule has 0 aliphatic carbocycles. The van der Waals surface area contributed by atoms with Crippen LogP contribution in [0.2, 0.25) is 0 Å². The lowest BCUT2D eigenvalue weighted by Crippen LogP contribution is -2.62. The monoisotopic (exact) mass is 893 g/mol. The van der Waals surface area contributed by atoms with Crippen LogP contribution < -0.4 is 5.32 Å². The zero-order chi connectivity index (χ0) is 46.1. The summed E-state index contributed by atoms with van der Waals surface area (Å²) < 4.78 is 43.6. The fourth-order valence-electron chi connectivity index (χ4n) is 7.11. The van der Waals surface area contributed by atoms with E-state index in [-0.39, 0.29) is 78.7 Å².